The van der Waals surface area contributed by atoms with Crippen LogP contribution in [0, 0.1) is 5.82 Å². The van der Waals surface area contributed by atoms with Gasteiger partial charge in [0.25, 0.3) is 0 Å². The minimum Gasteiger partial charge on any atom is -0.377 e. The summed E-state index contributed by atoms with van der Waals surface area (Å²) in [6.07, 6.45) is 4.09. The summed E-state index contributed by atoms with van der Waals surface area (Å²) in [5.74, 6) is -0.360. The van der Waals surface area contributed by atoms with Crippen molar-refractivity contribution in [2.75, 3.05) is 13.2 Å². The van der Waals surface area contributed by atoms with Crippen LogP contribution in [0.3, 0.4) is 0 Å². The lowest BCUT2D eigenvalue weighted by Gasteiger charge is -2.01. The van der Waals surface area contributed by atoms with E-state index in [9.17, 15) is 9.18 Å². The molecule has 0 bridgehead atoms. The molecule has 0 N–H and O–H groups in total. The highest BCUT2D eigenvalue weighted by Crippen LogP contribution is 2.05. The summed E-state index contributed by atoms with van der Waals surface area (Å²) in [4.78, 5) is 11.6. The van der Waals surface area contributed by atoms with Crippen LogP contribution in [0.15, 0.2) is 36.4 Å². The van der Waals surface area contributed by atoms with E-state index in [2.05, 4.69) is 0 Å². The molecule has 0 fully saturated rings. The van der Waals surface area contributed by atoms with Crippen molar-refractivity contribution < 1.29 is 13.9 Å². The lowest BCUT2D eigenvalue weighted by Crippen LogP contribution is -2.04. The average molecular weight is 222 g/mol. The van der Waals surface area contributed by atoms with Gasteiger partial charge >= 0.3 is 0 Å². The highest BCUT2D eigenvalue weighted by Gasteiger charge is 2.04. The number of carbonyl (C=O) groups excluding carboxylic acids is 1. The van der Waals surface area contributed by atoms with Gasteiger partial charge in [-0.3, -0.25) is 4.79 Å². The van der Waals surface area contributed by atoms with Crippen LogP contribution in [0.2, 0.25) is 0 Å². The fraction of sp³-hybridized carbons (Fsp3) is 0.308. The second-order valence-corrected chi connectivity index (χ2v) is 3.32. The second kappa shape index (κ2) is 6.90. The van der Waals surface area contributed by atoms with Crippen molar-refractivity contribution in [1.29, 1.82) is 0 Å². The summed E-state index contributed by atoms with van der Waals surface area (Å²) < 4.78 is 17.8. The Morgan fingerprint density at radius 1 is 1.38 bits per heavy atom. The first-order valence-corrected chi connectivity index (χ1v) is 5.21. The van der Waals surface area contributed by atoms with Crippen LogP contribution >= 0.6 is 0 Å². The normalized spacial score (nSPS) is 10.9. The maximum atomic E-state index is 12.6. The van der Waals surface area contributed by atoms with Gasteiger partial charge in [-0.15, -0.1) is 0 Å². The SMILES string of the molecule is CC=CCOCCC(=O)c1ccc(F)cc1. The fourth-order valence-corrected chi connectivity index (χ4v) is 1.19. The van der Waals surface area contributed by atoms with Gasteiger partial charge in [-0.25, -0.2) is 4.39 Å². The molecule has 0 unspecified atom stereocenters. The van der Waals surface area contributed by atoms with Crippen molar-refractivity contribution in [3.05, 3.63) is 47.8 Å². The van der Waals surface area contributed by atoms with E-state index < -0.39 is 0 Å². The topological polar surface area (TPSA) is 26.3 Å². The third kappa shape index (κ3) is 4.36. The number of allylic oxidation sites excluding steroid dienone is 1. The first-order chi connectivity index (χ1) is 7.74. The molecule has 0 radical (unpaired) electrons. The zero-order valence-electron chi connectivity index (χ0n) is 9.28. The van der Waals surface area contributed by atoms with Crippen LogP contribution in [-0.2, 0) is 4.74 Å². The number of hydrogen-bond donors (Lipinski definition) is 0. The van der Waals surface area contributed by atoms with E-state index in [1.54, 1.807) is 0 Å². The summed E-state index contributed by atoms with van der Waals surface area (Å²) in [7, 11) is 0. The number of ketones is 1. The Bertz CT molecular complexity index is 355. The van der Waals surface area contributed by atoms with Crippen LogP contribution in [0.1, 0.15) is 23.7 Å². The van der Waals surface area contributed by atoms with E-state index in [0.29, 0.717) is 25.2 Å². The molecular weight excluding hydrogens is 207 g/mol. The summed E-state index contributed by atoms with van der Waals surface area (Å²) in [5.41, 5.74) is 0.524. The average Bonchev–Trinajstić information content (AvgIpc) is 2.29. The summed E-state index contributed by atoms with van der Waals surface area (Å²) in [5, 5.41) is 0. The van der Waals surface area contributed by atoms with Gasteiger partial charge in [0, 0.05) is 12.0 Å². The molecule has 2 nitrogen and oxygen atoms in total. The molecule has 1 aromatic rings. The van der Waals surface area contributed by atoms with Crippen molar-refractivity contribution in [1.82, 2.24) is 0 Å². The molecule has 16 heavy (non-hydrogen) atoms. The van der Waals surface area contributed by atoms with Crippen molar-refractivity contribution in [3.8, 4) is 0 Å². The quantitative estimate of drug-likeness (QED) is 0.420. The number of Topliss-reactive ketones (excluding diaryl/α,β-unsaturated/α-hetero) is 1. The Morgan fingerprint density at radius 3 is 2.69 bits per heavy atom. The van der Waals surface area contributed by atoms with Gasteiger partial charge in [-0.05, 0) is 31.2 Å². The third-order valence-corrected chi connectivity index (χ3v) is 2.09. The second-order valence-electron chi connectivity index (χ2n) is 3.32. The minimum atomic E-state index is -0.333. The molecule has 0 aliphatic heterocycles. The first-order valence-electron chi connectivity index (χ1n) is 5.21. The molecule has 0 aliphatic carbocycles. The van der Waals surface area contributed by atoms with Crippen LogP contribution < -0.4 is 0 Å². The van der Waals surface area contributed by atoms with Crippen molar-refractivity contribution in [3.63, 3.8) is 0 Å². The molecule has 3 heteroatoms. The molecule has 86 valence electrons. The molecule has 1 aromatic carbocycles. The Balaban J connectivity index is 2.32. The molecule has 0 saturated heterocycles. The highest BCUT2D eigenvalue weighted by molar-refractivity contribution is 5.96. The summed E-state index contributed by atoms with van der Waals surface area (Å²) in [6, 6.07) is 5.55. The molecule has 0 spiro atoms. The number of carbonyl (C=O) groups is 1. The van der Waals surface area contributed by atoms with Gasteiger partial charge in [0.2, 0.25) is 0 Å². The van der Waals surface area contributed by atoms with Gasteiger partial charge in [0.15, 0.2) is 5.78 Å². The maximum absolute atomic E-state index is 12.6. The monoisotopic (exact) mass is 222 g/mol. The standard InChI is InChI=1S/C13H15FO2/c1-2-3-9-16-10-8-13(15)11-4-6-12(14)7-5-11/h2-7H,8-10H2,1H3. The molecule has 0 amide bonds. The van der Waals surface area contributed by atoms with Gasteiger partial charge < -0.3 is 4.74 Å². The molecule has 0 heterocycles. The predicted molar refractivity (Wildman–Crippen MR) is 61.0 cm³/mol. The maximum Gasteiger partial charge on any atom is 0.165 e. The number of hydrogen-bond acceptors (Lipinski definition) is 2. The molecule has 0 aliphatic rings. The van der Waals surface area contributed by atoms with Crippen LogP contribution in [-0.4, -0.2) is 19.0 Å². The van der Waals surface area contributed by atoms with E-state index in [4.69, 9.17) is 4.74 Å². The number of halogens is 1. The summed E-state index contributed by atoms with van der Waals surface area (Å²) >= 11 is 0. The van der Waals surface area contributed by atoms with Gasteiger partial charge in [0.1, 0.15) is 5.82 Å². The van der Waals surface area contributed by atoms with Crippen LogP contribution in [0.25, 0.3) is 0 Å². The highest BCUT2D eigenvalue weighted by atomic mass is 19.1. The Morgan fingerprint density at radius 2 is 2.06 bits per heavy atom. The zero-order chi connectivity index (χ0) is 11.8. The van der Waals surface area contributed by atoms with Crippen molar-refractivity contribution in [2.45, 2.75) is 13.3 Å². The lowest BCUT2D eigenvalue weighted by molar-refractivity contribution is 0.0910. The molecule has 0 aromatic heterocycles. The number of ether oxygens (including phenoxy) is 1. The van der Waals surface area contributed by atoms with E-state index in [1.165, 1.54) is 24.3 Å². The predicted octanol–water partition coefficient (Wildman–Crippen LogP) is 2.99. The minimum absolute atomic E-state index is 0.0273. The zero-order valence-corrected chi connectivity index (χ0v) is 9.28. The van der Waals surface area contributed by atoms with E-state index in [0.717, 1.165) is 0 Å². The molecule has 0 saturated carbocycles. The van der Waals surface area contributed by atoms with Crippen LogP contribution in [0.4, 0.5) is 4.39 Å². The Hall–Kier alpha value is -1.48. The number of benzene rings is 1. The van der Waals surface area contributed by atoms with Crippen LogP contribution in [0.5, 0.6) is 0 Å². The first kappa shape index (κ1) is 12.6. The molecule has 0 atom stereocenters. The van der Waals surface area contributed by atoms with E-state index in [1.807, 2.05) is 19.1 Å². The smallest absolute Gasteiger partial charge is 0.165 e. The third-order valence-electron chi connectivity index (χ3n) is 2.09. The van der Waals surface area contributed by atoms with E-state index >= 15 is 0 Å². The summed E-state index contributed by atoms with van der Waals surface area (Å²) in [6.45, 7) is 2.82. The molecule has 1 rings (SSSR count). The largest absolute Gasteiger partial charge is 0.377 e. The Labute approximate surface area is 94.7 Å². The van der Waals surface area contributed by atoms with Gasteiger partial charge in [-0.2, -0.15) is 0 Å². The van der Waals surface area contributed by atoms with Gasteiger partial charge in [0.05, 0.1) is 13.2 Å². The number of rotatable bonds is 6. The Kier molecular flexibility index (Phi) is 5.43. The molecular formula is C13H15FO2. The fourth-order valence-electron chi connectivity index (χ4n) is 1.19. The van der Waals surface area contributed by atoms with Crippen molar-refractivity contribution in [2.24, 2.45) is 0 Å². The van der Waals surface area contributed by atoms with Gasteiger partial charge in [-0.1, -0.05) is 12.2 Å². The van der Waals surface area contributed by atoms with Crippen molar-refractivity contribution >= 4 is 5.78 Å². The van der Waals surface area contributed by atoms with E-state index in [-0.39, 0.29) is 11.6 Å². The lowest BCUT2D eigenvalue weighted by atomic mass is 10.1.